The first-order chi connectivity index (χ1) is 14.5. The Morgan fingerprint density at radius 2 is 1.87 bits per heavy atom. The molecule has 0 saturated carbocycles. The molecule has 1 aliphatic rings. The Morgan fingerprint density at radius 1 is 1.07 bits per heavy atom. The standard InChI is InChI=1S/C22H19N3O5/c1-25-16-5-4-10-23-21(16)30-17-9-7-14(12-15(17)22(25)27)24-20(26)13-6-8-18(28-2)19(11-13)29-3/h4-12H,1-3H3,(H,24,26). The SMILES string of the molecule is COc1ccc(C(=O)Nc2ccc3c(c2)C(=O)N(C)c2cccnc2O3)cc1OC. The van der Waals surface area contributed by atoms with Crippen molar-refractivity contribution in [3.8, 4) is 23.1 Å². The van der Waals surface area contributed by atoms with Crippen LogP contribution in [0.25, 0.3) is 0 Å². The molecule has 0 bridgehead atoms. The molecule has 8 heteroatoms. The van der Waals surface area contributed by atoms with Crippen LogP contribution in [0.1, 0.15) is 20.7 Å². The highest BCUT2D eigenvalue weighted by molar-refractivity contribution is 6.11. The number of carbonyl (C=O) groups is 2. The zero-order chi connectivity index (χ0) is 21.3. The van der Waals surface area contributed by atoms with E-state index in [1.807, 2.05) is 0 Å². The molecule has 2 amide bonds. The molecule has 0 spiro atoms. The summed E-state index contributed by atoms with van der Waals surface area (Å²) in [4.78, 5) is 31.3. The summed E-state index contributed by atoms with van der Waals surface area (Å²) < 4.78 is 16.3. The van der Waals surface area contributed by atoms with Crippen LogP contribution in [0.2, 0.25) is 0 Å². The molecule has 30 heavy (non-hydrogen) atoms. The van der Waals surface area contributed by atoms with Crippen LogP contribution >= 0.6 is 0 Å². The average molecular weight is 405 g/mol. The Bertz CT molecular complexity index is 1150. The first-order valence-corrected chi connectivity index (χ1v) is 9.10. The quantitative estimate of drug-likeness (QED) is 0.711. The molecule has 1 aromatic heterocycles. The Hall–Kier alpha value is -4.07. The van der Waals surface area contributed by atoms with E-state index in [1.165, 1.54) is 19.1 Å². The summed E-state index contributed by atoms with van der Waals surface area (Å²) in [6, 6.07) is 13.2. The van der Waals surface area contributed by atoms with Gasteiger partial charge in [0.2, 0.25) is 5.88 Å². The van der Waals surface area contributed by atoms with Crippen molar-refractivity contribution >= 4 is 23.2 Å². The van der Waals surface area contributed by atoms with Crippen LogP contribution in [0.3, 0.4) is 0 Å². The first-order valence-electron chi connectivity index (χ1n) is 9.10. The van der Waals surface area contributed by atoms with Gasteiger partial charge in [-0.3, -0.25) is 9.59 Å². The number of rotatable bonds is 4. The molecule has 1 aliphatic heterocycles. The highest BCUT2D eigenvalue weighted by atomic mass is 16.5. The Labute approximate surface area is 173 Å². The van der Waals surface area contributed by atoms with E-state index >= 15 is 0 Å². The molecule has 0 unspecified atom stereocenters. The Balaban J connectivity index is 1.62. The van der Waals surface area contributed by atoms with Crippen LogP contribution in [-0.4, -0.2) is 38.1 Å². The number of carbonyl (C=O) groups excluding carboxylic acids is 2. The number of hydrogen-bond acceptors (Lipinski definition) is 6. The van der Waals surface area contributed by atoms with E-state index in [4.69, 9.17) is 14.2 Å². The van der Waals surface area contributed by atoms with Gasteiger partial charge in [-0.1, -0.05) is 0 Å². The van der Waals surface area contributed by atoms with E-state index < -0.39 is 0 Å². The second-order valence-electron chi connectivity index (χ2n) is 6.53. The second kappa shape index (κ2) is 7.75. The van der Waals surface area contributed by atoms with Gasteiger partial charge in [0, 0.05) is 24.5 Å². The van der Waals surface area contributed by atoms with Crippen LogP contribution in [0, 0.1) is 0 Å². The van der Waals surface area contributed by atoms with Crippen LogP contribution in [0.15, 0.2) is 54.7 Å². The number of nitrogens with one attached hydrogen (secondary N) is 1. The van der Waals surface area contributed by atoms with Gasteiger partial charge in [-0.25, -0.2) is 4.98 Å². The maximum absolute atomic E-state index is 12.9. The maximum atomic E-state index is 12.9. The van der Waals surface area contributed by atoms with Crippen LogP contribution < -0.4 is 24.4 Å². The fourth-order valence-electron chi connectivity index (χ4n) is 3.16. The summed E-state index contributed by atoms with van der Waals surface area (Å²) in [5.74, 6) is 1.07. The molecule has 0 atom stereocenters. The lowest BCUT2D eigenvalue weighted by Gasteiger charge is -2.15. The number of aromatic nitrogens is 1. The molecule has 2 aromatic carbocycles. The number of anilines is 2. The summed E-state index contributed by atoms with van der Waals surface area (Å²) in [6.07, 6.45) is 1.60. The lowest BCUT2D eigenvalue weighted by Crippen LogP contribution is -2.25. The minimum atomic E-state index is -0.351. The van der Waals surface area contributed by atoms with Crippen molar-refractivity contribution in [1.29, 1.82) is 0 Å². The molecule has 152 valence electrons. The van der Waals surface area contributed by atoms with Gasteiger partial charge >= 0.3 is 0 Å². The summed E-state index contributed by atoms with van der Waals surface area (Å²) >= 11 is 0. The number of ether oxygens (including phenoxy) is 3. The molecule has 0 saturated heterocycles. The number of methoxy groups -OCH3 is 2. The number of pyridine rings is 1. The summed E-state index contributed by atoms with van der Waals surface area (Å²) in [6.45, 7) is 0. The smallest absolute Gasteiger partial charge is 0.262 e. The van der Waals surface area contributed by atoms with E-state index in [0.29, 0.717) is 45.6 Å². The van der Waals surface area contributed by atoms with Crippen molar-refractivity contribution in [2.24, 2.45) is 0 Å². The van der Waals surface area contributed by atoms with Crippen LogP contribution in [0.5, 0.6) is 23.1 Å². The summed E-state index contributed by atoms with van der Waals surface area (Å²) in [5, 5.41) is 2.80. The molecule has 0 aliphatic carbocycles. The van der Waals surface area contributed by atoms with Gasteiger partial charge in [0.05, 0.1) is 19.8 Å². The Morgan fingerprint density at radius 3 is 2.63 bits per heavy atom. The van der Waals surface area contributed by atoms with Crippen molar-refractivity contribution in [2.75, 3.05) is 31.5 Å². The lowest BCUT2D eigenvalue weighted by atomic mass is 10.1. The van der Waals surface area contributed by atoms with E-state index in [1.54, 1.807) is 61.8 Å². The molecule has 1 N–H and O–H groups in total. The number of nitrogens with zero attached hydrogens (tertiary/aromatic N) is 2. The first kappa shape index (κ1) is 19.3. The lowest BCUT2D eigenvalue weighted by molar-refractivity contribution is 0.0990. The highest BCUT2D eigenvalue weighted by Gasteiger charge is 2.26. The zero-order valence-corrected chi connectivity index (χ0v) is 16.6. The number of fused-ring (bicyclic) bond motifs is 2. The largest absolute Gasteiger partial charge is 0.493 e. The number of amides is 2. The average Bonchev–Trinajstić information content (AvgIpc) is 2.88. The van der Waals surface area contributed by atoms with Gasteiger partial charge < -0.3 is 24.4 Å². The number of hydrogen-bond donors (Lipinski definition) is 1. The summed E-state index contributed by atoms with van der Waals surface area (Å²) in [5.41, 5.74) is 1.73. The predicted molar refractivity (Wildman–Crippen MR) is 111 cm³/mol. The van der Waals surface area contributed by atoms with E-state index in [9.17, 15) is 9.59 Å². The minimum Gasteiger partial charge on any atom is -0.493 e. The third-order valence-electron chi connectivity index (χ3n) is 4.74. The second-order valence-corrected chi connectivity index (χ2v) is 6.53. The predicted octanol–water partition coefficient (Wildman–Crippen LogP) is 3.73. The van der Waals surface area contributed by atoms with E-state index in [0.717, 1.165) is 0 Å². The molecular formula is C22H19N3O5. The number of benzene rings is 2. The molecule has 8 nitrogen and oxygen atoms in total. The third-order valence-corrected chi connectivity index (χ3v) is 4.74. The topological polar surface area (TPSA) is 90.0 Å². The molecule has 2 heterocycles. The third kappa shape index (κ3) is 3.39. The van der Waals surface area contributed by atoms with E-state index in [-0.39, 0.29) is 11.8 Å². The van der Waals surface area contributed by atoms with Gasteiger partial charge in [-0.2, -0.15) is 0 Å². The van der Waals surface area contributed by atoms with Crippen molar-refractivity contribution in [3.63, 3.8) is 0 Å². The van der Waals surface area contributed by atoms with Gasteiger partial charge in [0.1, 0.15) is 11.4 Å². The summed E-state index contributed by atoms with van der Waals surface area (Å²) in [7, 11) is 4.67. The fraction of sp³-hybridized carbons (Fsp3) is 0.136. The normalized spacial score (nSPS) is 12.2. The highest BCUT2D eigenvalue weighted by Crippen LogP contribution is 2.37. The van der Waals surface area contributed by atoms with Crippen molar-refractivity contribution in [3.05, 3.63) is 65.9 Å². The molecule has 0 radical (unpaired) electrons. The molecular weight excluding hydrogens is 386 g/mol. The van der Waals surface area contributed by atoms with E-state index in [2.05, 4.69) is 10.3 Å². The zero-order valence-electron chi connectivity index (χ0n) is 16.6. The molecule has 3 aromatic rings. The maximum Gasteiger partial charge on any atom is 0.262 e. The fourth-order valence-corrected chi connectivity index (χ4v) is 3.16. The van der Waals surface area contributed by atoms with Crippen molar-refractivity contribution in [2.45, 2.75) is 0 Å². The van der Waals surface area contributed by atoms with Crippen LogP contribution in [-0.2, 0) is 0 Å². The van der Waals surface area contributed by atoms with Gasteiger partial charge in [-0.05, 0) is 48.5 Å². The minimum absolute atomic E-state index is 0.265. The molecule has 0 fully saturated rings. The molecule has 4 rings (SSSR count). The van der Waals surface area contributed by atoms with Gasteiger partial charge in [0.15, 0.2) is 11.5 Å². The van der Waals surface area contributed by atoms with Crippen molar-refractivity contribution < 1.29 is 23.8 Å². The van der Waals surface area contributed by atoms with Crippen molar-refractivity contribution in [1.82, 2.24) is 4.98 Å². The monoisotopic (exact) mass is 405 g/mol. The van der Waals surface area contributed by atoms with Gasteiger partial charge in [0.25, 0.3) is 11.8 Å². The van der Waals surface area contributed by atoms with Gasteiger partial charge in [-0.15, -0.1) is 0 Å². The Kier molecular flexibility index (Phi) is 4.97. The van der Waals surface area contributed by atoms with Crippen LogP contribution in [0.4, 0.5) is 11.4 Å².